The van der Waals surface area contributed by atoms with Gasteiger partial charge in [-0.2, -0.15) is 0 Å². The van der Waals surface area contributed by atoms with Crippen LogP contribution in [0.15, 0.2) is 30.5 Å². The third kappa shape index (κ3) is 2.63. The molecule has 21 heavy (non-hydrogen) atoms. The van der Waals surface area contributed by atoms with Crippen LogP contribution in [0.1, 0.15) is 23.7 Å². The quantitative estimate of drug-likeness (QED) is 0.869. The van der Waals surface area contributed by atoms with Crippen LogP contribution in [-0.4, -0.2) is 52.8 Å². The molecule has 2 heterocycles. The molecule has 1 aromatic heterocycles. The van der Waals surface area contributed by atoms with Gasteiger partial charge in [0, 0.05) is 50.2 Å². The molecule has 2 aromatic rings. The van der Waals surface area contributed by atoms with E-state index in [4.69, 9.17) is 0 Å². The van der Waals surface area contributed by atoms with Crippen LogP contribution in [0.2, 0.25) is 0 Å². The Balaban J connectivity index is 1.80. The zero-order valence-corrected chi connectivity index (χ0v) is 12.1. The Morgan fingerprint density at radius 3 is 2.57 bits per heavy atom. The van der Waals surface area contributed by atoms with Gasteiger partial charge in [0.15, 0.2) is 0 Å². The second kappa shape index (κ2) is 5.60. The van der Waals surface area contributed by atoms with Gasteiger partial charge in [-0.1, -0.05) is 18.2 Å². The highest BCUT2D eigenvalue weighted by Crippen LogP contribution is 2.20. The number of carbonyl (C=O) groups excluding carboxylic acids is 2. The lowest BCUT2D eigenvalue weighted by Gasteiger charge is -2.21. The number of para-hydroxylation sites is 1. The van der Waals surface area contributed by atoms with Crippen LogP contribution in [0.4, 0.5) is 0 Å². The van der Waals surface area contributed by atoms with Crippen molar-refractivity contribution in [1.82, 2.24) is 14.8 Å². The fraction of sp³-hybridized carbons (Fsp3) is 0.375. The number of benzene rings is 1. The van der Waals surface area contributed by atoms with Gasteiger partial charge in [0.25, 0.3) is 5.91 Å². The first-order valence-electron chi connectivity index (χ1n) is 7.28. The van der Waals surface area contributed by atoms with Gasteiger partial charge in [0.1, 0.15) is 0 Å². The van der Waals surface area contributed by atoms with Gasteiger partial charge >= 0.3 is 0 Å². The highest BCUT2D eigenvalue weighted by Gasteiger charge is 2.22. The van der Waals surface area contributed by atoms with E-state index in [1.165, 1.54) is 0 Å². The van der Waals surface area contributed by atoms with E-state index in [1.807, 2.05) is 34.1 Å². The normalized spacial score (nSPS) is 16.0. The minimum atomic E-state index is 0.0397. The van der Waals surface area contributed by atoms with E-state index in [0.717, 1.165) is 23.9 Å². The number of H-pyrrole nitrogens is 1. The Bertz CT molecular complexity index is 677. The lowest BCUT2D eigenvalue weighted by atomic mass is 10.1. The molecule has 5 nitrogen and oxygen atoms in total. The van der Waals surface area contributed by atoms with Crippen LogP contribution in [0, 0.1) is 0 Å². The highest BCUT2D eigenvalue weighted by molar-refractivity contribution is 6.06. The summed E-state index contributed by atoms with van der Waals surface area (Å²) < 4.78 is 0. The van der Waals surface area contributed by atoms with Crippen molar-refractivity contribution in [2.75, 3.05) is 26.2 Å². The van der Waals surface area contributed by atoms with E-state index >= 15 is 0 Å². The SMILES string of the molecule is CC(=O)N1CCCN(C(=O)c2c[nH]c3ccccc23)CC1. The van der Waals surface area contributed by atoms with Crippen LogP contribution in [0.3, 0.4) is 0 Å². The van der Waals surface area contributed by atoms with Gasteiger partial charge in [-0.25, -0.2) is 0 Å². The minimum Gasteiger partial charge on any atom is -0.360 e. The second-order valence-electron chi connectivity index (χ2n) is 5.40. The summed E-state index contributed by atoms with van der Waals surface area (Å²) in [6.45, 7) is 4.22. The number of carbonyl (C=O) groups is 2. The average molecular weight is 285 g/mol. The third-order valence-electron chi connectivity index (χ3n) is 4.05. The molecule has 0 unspecified atom stereocenters. The number of hydrogen-bond donors (Lipinski definition) is 1. The fourth-order valence-corrected chi connectivity index (χ4v) is 2.85. The van der Waals surface area contributed by atoms with Crippen LogP contribution in [-0.2, 0) is 4.79 Å². The Hall–Kier alpha value is -2.30. The zero-order chi connectivity index (χ0) is 14.8. The molecule has 0 aliphatic carbocycles. The topological polar surface area (TPSA) is 56.4 Å². The first-order chi connectivity index (χ1) is 10.2. The molecule has 0 saturated carbocycles. The van der Waals surface area contributed by atoms with Gasteiger partial charge in [0.05, 0.1) is 5.56 Å². The smallest absolute Gasteiger partial charge is 0.256 e. The van der Waals surface area contributed by atoms with E-state index in [1.54, 1.807) is 13.1 Å². The summed E-state index contributed by atoms with van der Waals surface area (Å²) in [5.41, 5.74) is 1.68. The zero-order valence-electron chi connectivity index (χ0n) is 12.1. The minimum absolute atomic E-state index is 0.0397. The maximum atomic E-state index is 12.7. The second-order valence-corrected chi connectivity index (χ2v) is 5.40. The third-order valence-corrected chi connectivity index (χ3v) is 4.05. The summed E-state index contributed by atoms with van der Waals surface area (Å²) in [7, 11) is 0. The molecule has 1 N–H and O–H groups in total. The fourth-order valence-electron chi connectivity index (χ4n) is 2.85. The number of hydrogen-bond acceptors (Lipinski definition) is 2. The molecule has 0 bridgehead atoms. The summed E-state index contributed by atoms with van der Waals surface area (Å²) in [4.78, 5) is 30.9. The Labute approximate surface area is 123 Å². The molecule has 5 heteroatoms. The molecule has 1 aliphatic heterocycles. The first-order valence-corrected chi connectivity index (χ1v) is 7.28. The van der Waals surface area contributed by atoms with Gasteiger partial charge < -0.3 is 14.8 Å². The molecule has 1 fully saturated rings. The van der Waals surface area contributed by atoms with Crippen LogP contribution in [0.25, 0.3) is 10.9 Å². The van der Waals surface area contributed by atoms with Crippen LogP contribution in [0.5, 0.6) is 0 Å². The van der Waals surface area contributed by atoms with Crippen LogP contribution >= 0.6 is 0 Å². The Kier molecular flexibility index (Phi) is 3.64. The van der Waals surface area contributed by atoms with Gasteiger partial charge in [-0.15, -0.1) is 0 Å². The van der Waals surface area contributed by atoms with E-state index in [9.17, 15) is 9.59 Å². The maximum absolute atomic E-state index is 12.7. The number of amides is 2. The lowest BCUT2D eigenvalue weighted by molar-refractivity contribution is -0.128. The first kappa shape index (κ1) is 13.7. The lowest BCUT2D eigenvalue weighted by Crippen LogP contribution is -2.36. The molecule has 110 valence electrons. The van der Waals surface area contributed by atoms with E-state index < -0.39 is 0 Å². The number of fused-ring (bicyclic) bond motifs is 1. The summed E-state index contributed by atoms with van der Waals surface area (Å²) in [6.07, 6.45) is 2.61. The van der Waals surface area contributed by atoms with Crippen molar-refractivity contribution in [1.29, 1.82) is 0 Å². The standard InChI is InChI=1S/C16H19N3O2/c1-12(20)18-7-4-8-19(10-9-18)16(21)14-11-17-15-6-3-2-5-13(14)15/h2-3,5-6,11,17H,4,7-10H2,1H3. The van der Waals surface area contributed by atoms with Crippen molar-refractivity contribution in [2.45, 2.75) is 13.3 Å². The Morgan fingerprint density at radius 2 is 1.76 bits per heavy atom. The van der Waals surface area contributed by atoms with Crippen LogP contribution < -0.4 is 0 Å². The van der Waals surface area contributed by atoms with Crippen molar-refractivity contribution in [2.24, 2.45) is 0 Å². The summed E-state index contributed by atoms with van der Waals surface area (Å²) in [5.74, 6) is 0.120. The van der Waals surface area contributed by atoms with Gasteiger partial charge in [-0.3, -0.25) is 9.59 Å². The van der Waals surface area contributed by atoms with E-state index in [0.29, 0.717) is 25.2 Å². The molecule has 2 amide bonds. The van der Waals surface area contributed by atoms with Crippen molar-refractivity contribution in [3.8, 4) is 0 Å². The number of rotatable bonds is 1. The number of nitrogens with zero attached hydrogens (tertiary/aromatic N) is 2. The molecule has 3 rings (SSSR count). The molecular formula is C16H19N3O2. The molecule has 1 aromatic carbocycles. The Morgan fingerprint density at radius 1 is 1.05 bits per heavy atom. The van der Waals surface area contributed by atoms with Crippen molar-refractivity contribution in [3.05, 3.63) is 36.0 Å². The summed E-state index contributed by atoms with van der Waals surface area (Å²) in [6, 6.07) is 7.81. The summed E-state index contributed by atoms with van der Waals surface area (Å²) >= 11 is 0. The maximum Gasteiger partial charge on any atom is 0.256 e. The summed E-state index contributed by atoms with van der Waals surface area (Å²) in [5, 5.41) is 0.954. The molecule has 0 spiro atoms. The van der Waals surface area contributed by atoms with Crippen molar-refractivity contribution >= 4 is 22.7 Å². The monoisotopic (exact) mass is 285 g/mol. The largest absolute Gasteiger partial charge is 0.360 e. The van der Waals surface area contributed by atoms with Gasteiger partial charge in [0.2, 0.25) is 5.91 Å². The van der Waals surface area contributed by atoms with Crippen molar-refractivity contribution < 1.29 is 9.59 Å². The van der Waals surface area contributed by atoms with E-state index in [2.05, 4.69) is 4.98 Å². The highest BCUT2D eigenvalue weighted by atomic mass is 16.2. The average Bonchev–Trinajstić information content (AvgIpc) is 2.75. The predicted octanol–water partition coefficient (Wildman–Crippen LogP) is 1.86. The predicted molar refractivity (Wildman–Crippen MR) is 81.1 cm³/mol. The molecule has 1 saturated heterocycles. The number of aromatic amines is 1. The molecule has 0 atom stereocenters. The molecular weight excluding hydrogens is 266 g/mol. The van der Waals surface area contributed by atoms with Crippen molar-refractivity contribution in [3.63, 3.8) is 0 Å². The number of aromatic nitrogens is 1. The molecule has 1 aliphatic rings. The number of nitrogens with one attached hydrogen (secondary N) is 1. The van der Waals surface area contributed by atoms with E-state index in [-0.39, 0.29) is 11.8 Å². The molecule has 0 radical (unpaired) electrons. The van der Waals surface area contributed by atoms with Gasteiger partial charge in [-0.05, 0) is 12.5 Å².